The fourth-order valence-corrected chi connectivity index (χ4v) is 4.59. The first kappa shape index (κ1) is 23.8. The molecule has 4 rings (SSSR count). The number of hydrogen-bond donors (Lipinski definition) is 1. The smallest absolute Gasteiger partial charge is 0.259 e. The average molecular weight is 481 g/mol. The van der Waals surface area contributed by atoms with Crippen molar-refractivity contribution in [2.45, 2.75) is 38.6 Å². The van der Waals surface area contributed by atoms with Crippen LogP contribution in [0.3, 0.4) is 0 Å². The molecule has 9 heteroatoms. The van der Waals surface area contributed by atoms with Crippen LogP contribution in [-0.4, -0.2) is 51.8 Å². The van der Waals surface area contributed by atoms with Gasteiger partial charge in [0.25, 0.3) is 5.91 Å². The van der Waals surface area contributed by atoms with E-state index in [-0.39, 0.29) is 29.8 Å². The first-order chi connectivity index (χ1) is 16.5. The number of halogens is 1. The van der Waals surface area contributed by atoms with Gasteiger partial charge in [-0.1, -0.05) is 37.2 Å². The molecule has 0 saturated carbocycles. The second kappa shape index (κ2) is 10.7. The van der Waals surface area contributed by atoms with Crippen LogP contribution in [0.2, 0.25) is 0 Å². The van der Waals surface area contributed by atoms with Crippen molar-refractivity contribution in [1.29, 1.82) is 0 Å². The van der Waals surface area contributed by atoms with E-state index in [2.05, 4.69) is 22.2 Å². The average Bonchev–Trinajstić information content (AvgIpc) is 3.18. The highest BCUT2D eigenvalue weighted by molar-refractivity contribution is 8.14. The summed E-state index contributed by atoms with van der Waals surface area (Å²) in [5.74, 6) is -0.438. The molecule has 0 unspecified atom stereocenters. The number of aliphatic imine (C=N–C) groups is 2. The van der Waals surface area contributed by atoms with Gasteiger partial charge in [0.2, 0.25) is 5.91 Å². The highest BCUT2D eigenvalue weighted by Crippen LogP contribution is 2.34. The molecule has 1 N–H and O–H groups in total. The minimum Gasteiger partial charge on any atom is -0.356 e. The molecule has 0 saturated heterocycles. The Balaban J connectivity index is 1.49. The number of unbranched alkanes of at least 4 members (excludes halogenated alkanes) is 1. The van der Waals surface area contributed by atoms with E-state index in [4.69, 9.17) is 0 Å². The van der Waals surface area contributed by atoms with Crippen LogP contribution in [0.1, 0.15) is 48.5 Å². The number of thioether (sulfide) groups is 1. The molecule has 7 nitrogen and oxygen atoms in total. The minimum absolute atomic E-state index is 0.0359. The summed E-state index contributed by atoms with van der Waals surface area (Å²) in [4.78, 5) is 48.7. The number of carbonyl (C=O) groups excluding carboxylic acids is 3. The number of nitrogens with one attached hydrogen (secondary N) is 1. The first-order valence-electron chi connectivity index (χ1n) is 11.3. The predicted octanol–water partition coefficient (Wildman–Crippen LogP) is 4.10. The van der Waals surface area contributed by atoms with E-state index >= 15 is 0 Å². The Morgan fingerprint density at radius 2 is 1.91 bits per heavy atom. The van der Waals surface area contributed by atoms with Crippen molar-refractivity contribution < 1.29 is 18.8 Å². The van der Waals surface area contributed by atoms with E-state index in [1.54, 1.807) is 0 Å². The Labute approximate surface area is 201 Å². The third-order valence-electron chi connectivity index (χ3n) is 5.54. The molecule has 2 aliphatic rings. The van der Waals surface area contributed by atoms with Crippen LogP contribution >= 0.6 is 11.8 Å². The van der Waals surface area contributed by atoms with Crippen LogP contribution in [0, 0.1) is 5.82 Å². The summed E-state index contributed by atoms with van der Waals surface area (Å²) < 4.78 is 13.2. The van der Waals surface area contributed by atoms with E-state index in [0.29, 0.717) is 35.2 Å². The summed E-state index contributed by atoms with van der Waals surface area (Å²) in [6, 6.07) is 12.0. The number of benzene rings is 2. The number of amidine groups is 2. The van der Waals surface area contributed by atoms with E-state index in [1.165, 1.54) is 29.2 Å². The molecular formula is C25H25FN4O3S. The van der Waals surface area contributed by atoms with Gasteiger partial charge in [0.1, 0.15) is 17.7 Å². The normalized spacial score (nSPS) is 16.5. The first-order valence-corrected chi connectivity index (χ1v) is 12.2. The van der Waals surface area contributed by atoms with Crippen molar-refractivity contribution >= 4 is 46.1 Å². The van der Waals surface area contributed by atoms with Gasteiger partial charge >= 0.3 is 0 Å². The number of carbonyl (C=O) groups is 3. The van der Waals surface area contributed by atoms with Crippen LogP contribution in [0.5, 0.6) is 0 Å². The molecule has 0 aliphatic carbocycles. The Morgan fingerprint density at radius 1 is 1.15 bits per heavy atom. The summed E-state index contributed by atoms with van der Waals surface area (Å²) in [5, 5.41) is 3.23. The largest absolute Gasteiger partial charge is 0.356 e. The van der Waals surface area contributed by atoms with Gasteiger partial charge in [-0.15, -0.1) is 0 Å². The fourth-order valence-electron chi connectivity index (χ4n) is 3.70. The summed E-state index contributed by atoms with van der Waals surface area (Å²) in [5.41, 5.74) is 1.79. The fraction of sp³-hybridized carbons (Fsp3) is 0.320. The maximum atomic E-state index is 13.2. The van der Waals surface area contributed by atoms with E-state index in [9.17, 15) is 18.8 Å². The number of hydrogen-bond acceptors (Lipinski definition) is 6. The molecule has 2 heterocycles. The summed E-state index contributed by atoms with van der Waals surface area (Å²) in [7, 11) is 0. The van der Waals surface area contributed by atoms with Gasteiger partial charge in [0.05, 0.1) is 11.4 Å². The lowest BCUT2D eigenvalue weighted by Crippen LogP contribution is -2.41. The van der Waals surface area contributed by atoms with E-state index in [0.717, 1.165) is 30.2 Å². The number of para-hydroxylation sites is 1. The predicted molar refractivity (Wildman–Crippen MR) is 131 cm³/mol. The molecule has 0 bridgehead atoms. The van der Waals surface area contributed by atoms with Gasteiger partial charge in [-0.2, -0.15) is 0 Å². The topological polar surface area (TPSA) is 91.2 Å². The molecule has 34 heavy (non-hydrogen) atoms. The molecule has 0 fully saturated rings. The molecule has 1 atom stereocenters. The summed E-state index contributed by atoms with van der Waals surface area (Å²) >= 11 is 1.14. The third-order valence-corrected chi connectivity index (χ3v) is 6.48. The van der Waals surface area contributed by atoms with Crippen LogP contribution in [0.15, 0.2) is 58.5 Å². The van der Waals surface area contributed by atoms with Crippen LogP contribution in [0.4, 0.5) is 10.1 Å². The number of nitrogens with zero attached hydrogens (tertiary/aromatic N) is 3. The van der Waals surface area contributed by atoms with Gasteiger partial charge in [-0.05, 0) is 49.2 Å². The van der Waals surface area contributed by atoms with Crippen LogP contribution in [-0.2, 0) is 9.59 Å². The molecule has 176 valence electrons. The van der Waals surface area contributed by atoms with Crippen molar-refractivity contribution in [3.05, 3.63) is 65.5 Å². The number of amides is 2. The standard InChI is InChI=1S/C25H25FN4O3S/c1-2-3-14-27-22(32)13-12-20-24(33)30-23(28-20)18-6-4-5-7-19(18)29-25(30)34-15-21(31)16-8-10-17(26)11-9-16/h4-11,20H,2-3,12-15H2,1H3,(H,27,32)/t20-/m1/s1. The number of rotatable bonds is 9. The third kappa shape index (κ3) is 5.25. The number of fused-ring (bicyclic) bond motifs is 3. The molecule has 0 aromatic heterocycles. The molecule has 2 amide bonds. The van der Waals surface area contributed by atoms with E-state index < -0.39 is 11.9 Å². The molecular weight excluding hydrogens is 455 g/mol. The van der Waals surface area contributed by atoms with Crippen LogP contribution < -0.4 is 5.32 Å². The molecule has 2 aliphatic heterocycles. The SMILES string of the molecule is CCCCNC(=O)CC[C@H]1N=C2c3ccccc3N=C(SCC(=O)c3ccc(F)cc3)N2C1=O. The van der Waals surface area contributed by atoms with Crippen molar-refractivity contribution in [2.75, 3.05) is 12.3 Å². The second-order valence-corrected chi connectivity index (χ2v) is 8.96. The highest BCUT2D eigenvalue weighted by atomic mass is 32.2. The summed E-state index contributed by atoms with van der Waals surface area (Å²) in [6.07, 6.45) is 2.40. The zero-order valence-electron chi connectivity index (χ0n) is 18.8. The quantitative estimate of drug-likeness (QED) is 0.432. The lowest BCUT2D eigenvalue weighted by molar-refractivity contribution is -0.125. The maximum Gasteiger partial charge on any atom is 0.259 e. The number of ketones is 1. The van der Waals surface area contributed by atoms with E-state index in [1.807, 2.05) is 24.3 Å². The lowest BCUT2D eigenvalue weighted by Gasteiger charge is -2.25. The maximum absolute atomic E-state index is 13.2. The Morgan fingerprint density at radius 3 is 2.68 bits per heavy atom. The zero-order chi connectivity index (χ0) is 24.1. The van der Waals surface area contributed by atoms with Crippen molar-refractivity contribution in [3.8, 4) is 0 Å². The Kier molecular flexibility index (Phi) is 7.52. The molecule has 2 aromatic carbocycles. The van der Waals surface area contributed by atoms with Gasteiger partial charge in [-0.25, -0.2) is 14.3 Å². The van der Waals surface area contributed by atoms with Crippen LogP contribution in [0.25, 0.3) is 0 Å². The Hall–Kier alpha value is -3.33. The van der Waals surface area contributed by atoms with Crippen molar-refractivity contribution in [2.24, 2.45) is 9.98 Å². The van der Waals surface area contributed by atoms with Gasteiger partial charge in [0.15, 0.2) is 11.0 Å². The lowest BCUT2D eigenvalue weighted by atomic mass is 10.1. The highest BCUT2D eigenvalue weighted by Gasteiger charge is 2.41. The Bertz CT molecular complexity index is 1160. The number of Topliss-reactive ketones (excluding diaryl/α,β-unsaturated/α-hetero) is 1. The van der Waals surface area contributed by atoms with Gasteiger partial charge < -0.3 is 5.32 Å². The summed E-state index contributed by atoms with van der Waals surface area (Å²) in [6.45, 7) is 2.68. The van der Waals surface area contributed by atoms with Gasteiger partial charge in [0, 0.05) is 24.1 Å². The molecule has 0 radical (unpaired) electrons. The monoisotopic (exact) mass is 480 g/mol. The molecule has 2 aromatic rings. The minimum atomic E-state index is -0.684. The second-order valence-electron chi connectivity index (χ2n) is 8.01. The molecule has 0 spiro atoms. The van der Waals surface area contributed by atoms with Crippen molar-refractivity contribution in [3.63, 3.8) is 0 Å². The zero-order valence-corrected chi connectivity index (χ0v) is 19.6. The van der Waals surface area contributed by atoms with Gasteiger partial charge in [-0.3, -0.25) is 19.4 Å². The van der Waals surface area contributed by atoms with Crippen molar-refractivity contribution in [1.82, 2.24) is 10.2 Å².